The summed E-state index contributed by atoms with van der Waals surface area (Å²) in [6.07, 6.45) is 7.83. The van der Waals surface area contributed by atoms with E-state index in [2.05, 4.69) is 21.0 Å². The van der Waals surface area contributed by atoms with Crippen molar-refractivity contribution in [3.05, 3.63) is 36.7 Å². The summed E-state index contributed by atoms with van der Waals surface area (Å²) in [6.45, 7) is 4.19. The Morgan fingerprint density at radius 1 is 1.09 bits per heavy atom. The summed E-state index contributed by atoms with van der Waals surface area (Å²) in [5.41, 5.74) is 2.90. The number of nitrogens with zero attached hydrogens (tertiary/aromatic N) is 3. The van der Waals surface area contributed by atoms with Gasteiger partial charge in [-0.15, -0.1) is 5.10 Å². The minimum atomic E-state index is 0.110. The Hall–Kier alpha value is -2.27. The number of aromatic nitrogens is 3. The Morgan fingerprint density at radius 3 is 2.83 bits per heavy atom. The average molecular weight is 310 g/mol. The summed E-state index contributed by atoms with van der Waals surface area (Å²) >= 11 is 0. The Balaban J connectivity index is 1.51. The van der Waals surface area contributed by atoms with Crippen LogP contribution < -0.4 is 0 Å². The standard InChI is InChI=1S/C18H22N4O/c23-18-16(14-4-5-17-15(12-14)6-7-19-17)13-22(20-18)11-10-21-8-2-1-3-9-21/h4-7,12-13,19H,1-3,8-11H2,(H,20,23). The lowest BCUT2D eigenvalue weighted by atomic mass is 10.1. The zero-order valence-corrected chi connectivity index (χ0v) is 13.2. The Bertz CT molecular complexity index is 798. The number of H-pyrrole nitrogens is 1. The number of hydrogen-bond acceptors (Lipinski definition) is 3. The van der Waals surface area contributed by atoms with Crippen molar-refractivity contribution >= 4 is 10.9 Å². The van der Waals surface area contributed by atoms with Gasteiger partial charge in [0.2, 0.25) is 5.88 Å². The first-order valence-electron chi connectivity index (χ1n) is 8.36. The maximum absolute atomic E-state index is 10.2. The van der Waals surface area contributed by atoms with Gasteiger partial charge in [0, 0.05) is 24.5 Å². The molecular weight excluding hydrogens is 288 g/mol. The third-order valence-electron chi connectivity index (χ3n) is 4.70. The van der Waals surface area contributed by atoms with Crippen molar-refractivity contribution in [1.82, 2.24) is 19.7 Å². The minimum absolute atomic E-state index is 0.110. The molecule has 0 amide bonds. The van der Waals surface area contributed by atoms with E-state index in [-0.39, 0.29) is 5.88 Å². The quantitative estimate of drug-likeness (QED) is 0.778. The van der Waals surface area contributed by atoms with Gasteiger partial charge in [-0.2, -0.15) is 0 Å². The number of aromatic hydroxyl groups is 1. The van der Waals surface area contributed by atoms with E-state index in [0.717, 1.165) is 35.1 Å². The van der Waals surface area contributed by atoms with Gasteiger partial charge >= 0.3 is 0 Å². The molecule has 3 aromatic rings. The maximum atomic E-state index is 10.2. The van der Waals surface area contributed by atoms with Gasteiger partial charge in [-0.25, -0.2) is 0 Å². The normalized spacial score (nSPS) is 16.2. The molecule has 2 N–H and O–H groups in total. The molecule has 5 nitrogen and oxygen atoms in total. The van der Waals surface area contributed by atoms with Gasteiger partial charge in [0.05, 0.1) is 12.1 Å². The van der Waals surface area contributed by atoms with Crippen LogP contribution in [0.15, 0.2) is 36.7 Å². The highest BCUT2D eigenvalue weighted by Crippen LogP contribution is 2.30. The summed E-state index contributed by atoms with van der Waals surface area (Å²) < 4.78 is 1.86. The number of fused-ring (bicyclic) bond motifs is 1. The molecule has 2 aromatic heterocycles. The molecule has 0 unspecified atom stereocenters. The summed E-state index contributed by atoms with van der Waals surface area (Å²) in [4.78, 5) is 5.67. The zero-order chi connectivity index (χ0) is 15.6. The van der Waals surface area contributed by atoms with E-state index in [9.17, 15) is 5.11 Å². The fourth-order valence-electron chi connectivity index (χ4n) is 3.38. The molecule has 1 saturated heterocycles. The molecule has 0 atom stereocenters. The van der Waals surface area contributed by atoms with E-state index >= 15 is 0 Å². The molecule has 0 saturated carbocycles. The van der Waals surface area contributed by atoms with Crippen molar-refractivity contribution in [3.8, 4) is 17.0 Å². The van der Waals surface area contributed by atoms with Crippen molar-refractivity contribution in [2.24, 2.45) is 0 Å². The van der Waals surface area contributed by atoms with Gasteiger partial charge in [0.25, 0.3) is 0 Å². The highest BCUT2D eigenvalue weighted by molar-refractivity contribution is 5.85. The van der Waals surface area contributed by atoms with E-state index in [4.69, 9.17) is 0 Å². The predicted molar refractivity (Wildman–Crippen MR) is 91.5 cm³/mol. The maximum Gasteiger partial charge on any atom is 0.238 e. The number of piperidine rings is 1. The highest BCUT2D eigenvalue weighted by atomic mass is 16.3. The summed E-state index contributed by atoms with van der Waals surface area (Å²) in [6, 6.07) is 8.17. The second kappa shape index (κ2) is 6.08. The van der Waals surface area contributed by atoms with Crippen molar-refractivity contribution in [2.45, 2.75) is 25.8 Å². The topological polar surface area (TPSA) is 57.1 Å². The summed E-state index contributed by atoms with van der Waals surface area (Å²) in [7, 11) is 0. The smallest absolute Gasteiger partial charge is 0.238 e. The molecular formula is C18H22N4O. The van der Waals surface area contributed by atoms with Gasteiger partial charge < -0.3 is 15.0 Å². The number of likely N-dealkylation sites (tertiary alicyclic amines) is 1. The van der Waals surface area contributed by atoms with Crippen LogP contribution in [0.4, 0.5) is 0 Å². The molecule has 0 bridgehead atoms. The molecule has 0 aliphatic carbocycles. The third-order valence-corrected chi connectivity index (χ3v) is 4.70. The second-order valence-electron chi connectivity index (χ2n) is 6.31. The van der Waals surface area contributed by atoms with Crippen LogP contribution in [-0.4, -0.2) is 44.4 Å². The second-order valence-corrected chi connectivity index (χ2v) is 6.31. The number of rotatable bonds is 4. The lowest BCUT2D eigenvalue weighted by Crippen LogP contribution is -2.32. The van der Waals surface area contributed by atoms with Crippen LogP contribution in [0.2, 0.25) is 0 Å². The van der Waals surface area contributed by atoms with Gasteiger partial charge in [-0.3, -0.25) is 4.68 Å². The number of nitrogens with one attached hydrogen (secondary N) is 1. The zero-order valence-electron chi connectivity index (χ0n) is 13.2. The van der Waals surface area contributed by atoms with Crippen molar-refractivity contribution in [1.29, 1.82) is 0 Å². The molecule has 0 radical (unpaired) electrons. The molecule has 1 aromatic carbocycles. The SMILES string of the molecule is Oc1nn(CCN2CCCCC2)cc1-c1ccc2[nH]ccc2c1. The van der Waals surface area contributed by atoms with Crippen LogP contribution in [0.25, 0.3) is 22.0 Å². The van der Waals surface area contributed by atoms with Crippen LogP contribution >= 0.6 is 0 Å². The number of benzene rings is 1. The molecule has 1 aliphatic heterocycles. The monoisotopic (exact) mass is 310 g/mol. The molecule has 23 heavy (non-hydrogen) atoms. The Labute approximate surface area is 135 Å². The van der Waals surface area contributed by atoms with Gasteiger partial charge in [-0.05, 0) is 55.1 Å². The molecule has 1 fully saturated rings. The number of aromatic amines is 1. The minimum Gasteiger partial charge on any atom is -0.492 e. The van der Waals surface area contributed by atoms with Gasteiger partial charge in [0.1, 0.15) is 0 Å². The van der Waals surface area contributed by atoms with Gasteiger partial charge in [0.15, 0.2) is 0 Å². The van der Waals surface area contributed by atoms with Crippen LogP contribution in [0.5, 0.6) is 5.88 Å². The van der Waals surface area contributed by atoms with Crippen molar-refractivity contribution in [3.63, 3.8) is 0 Å². The first-order valence-corrected chi connectivity index (χ1v) is 8.36. The first-order chi connectivity index (χ1) is 11.3. The van der Waals surface area contributed by atoms with Crippen molar-refractivity contribution in [2.75, 3.05) is 19.6 Å². The van der Waals surface area contributed by atoms with E-state index < -0.39 is 0 Å². The average Bonchev–Trinajstić information content (AvgIpc) is 3.19. The largest absolute Gasteiger partial charge is 0.492 e. The van der Waals surface area contributed by atoms with E-state index in [1.54, 1.807) is 0 Å². The lowest BCUT2D eigenvalue weighted by Gasteiger charge is -2.26. The molecule has 3 heterocycles. The highest BCUT2D eigenvalue weighted by Gasteiger charge is 2.13. The molecule has 5 heteroatoms. The fraction of sp³-hybridized carbons (Fsp3) is 0.389. The lowest BCUT2D eigenvalue weighted by molar-refractivity contribution is 0.217. The van der Waals surface area contributed by atoms with Crippen LogP contribution in [-0.2, 0) is 6.54 Å². The Kier molecular flexibility index (Phi) is 3.79. The molecule has 0 spiro atoms. The van der Waals surface area contributed by atoms with Crippen molar-refractivity contribution < 1.29 is 5.11 Å². The molecule has 120 valence electrons. The van der Waals surface area contributed by atoms with Crippen LogP contribution in [0.1, 0.15) is 19.3 Å². The van der Waals surface area contributed by atoms with E-state index in [1.807, 2.05) is 35.3 Å². The number of hydrogen-bond donors (Lipinski definition) is 2. The predicted octanol–water partition coefficient (Wildman–Crippen LogP) is 3.22. The van der Waals surface area contributed by atoms with Crippen LogP contribution in [0.3, 0.4) is 0 Å². The Morgan fingerprint density at radius 2 is 1.96 bits per heavy atom. The van der Waals surface area contributed by atoms with E-state index in [0.29, 0.717) is 0 Å². The van der Waals surface area contributed by atoms with E-state index in [1.165, 1.54) is 32.4 Å². The first kappa shape index (κ1) is 14.3. The third kappa shape index (κ3) is 2.97. The van der Waals surface area contributed by atoms with Crippen LogP contribution in [0, 0.1) is 0 Å². The van der Waals surface area contributed by atoms with Gasteiger partial charge in [-0.1, -0.05) is 12.5 Å². The summed E-state index contributed by atoms with van der Waals surface area (Å²) in [5.74, 6) is 0.110. The fourth-order valence-corrected chi connectivity index (χ4v) is 3.38. The summed E-state index contributed by atoms with van der Waals surface area (Å²) in [5, 5.41) is 15.6. The molecule has 1 aliphatic rings. The molecule has 4 rings (SSSR count).